The Bertz CT molecular complexity index is 1200. The van der Waals surface area contributed by atoms with E-state index in [0.717, 1.165) is 15.8 Å². The van der Waals surface area contributed by atoms with Crippen LogP contribution < -0.4 is 5.32 Å². The standard InChI is InChI=1S/C22H15ClN2O2S/c1-13-6-11-18-19(12-13)28-22(24-18)25-21(27)17-5-3-2-4-16(17)20(26)14-7-9-15(23)10-8-14/h2-12H,1H3,(H,24,25,27). The number of amides is 1. The quantitative estimate of drug-likeness (QED) is 0.439. The molecule has 0 spiro atoms. The van der Waals surface area contributed by atoms with Crippen molar-refractivity contribution in [1.82, 2.24) is 4.98 Å². The lowest BCUT2D eigenvalue weighted by Gasteiger charge is -2.08. The van der Waals surface area contributed by atoms with Gasteiger partial charge in [0.05, 0.1) is 15.8 Å². The van der Waals surface area contributed by atoms with Crippen molar-refractivity contribution in [2.45, 2.75) is 6.92 Å². The molecule has 0 bridgehead atoms. The molecule has 3 aromatic carbocycles. The molecule has 0 radical (unpaired) electrons. The topological polar surface area (TPSA) is 59.1 Å². The van der Waals surface area contributed by atoms with Gasteiger partial charge in [-0.15, -0.1) is 0 Å². The van der Waals surface area contributed by atoms with Crippen LogP contribution in [0.5, 0.6) is 0 Å². The highest BCUT2D eigenvalue weighted by Crippen LogP contribution is 2.27. The molecule has 0 aliphatic heterocycles. The lowest BCUT2D eigenvalue weighted by molar-refractivity contribution is 0.0996. The summed E-state index contributed by atoms with van der Waals surface area (Å²) in [5, 5.41) is 3.87. The van der Waals surface area contributed by atoms with Crippen molar-refractivity contribution < 1.29 is 9.59 Å². The first-order valence-electron chi connectivity index (χ1n) is 8.59. The number of nitrogens with zero attached hydrogens (tertiary/aromatic N) is 1. The number of nitrogens with one attached hydrogen (secondary N) is 1. The summed E-state index contributed by atoms with van der Waals surface area (Å²) in [6.07, 6.45) is 0. The monoisotopic (exact) mass is 406 g/mol. The largest absolute Gasteiger partial charge is 0.298 e. The van der Waals surface area contributed by atoms with Crippen LogP contribution in [0.3, 0.4) is 0 Å². The van der Waals surface area contributed by atoms with Crippen LogP contribution in [-0.4, -0.2) is 16.7 Å². The second-order valence-corrected chi connectivity index (χ2v) is 7.79. The predicted molar refractivity (Wildman–Crippen MR) is 114 cm³/mol. The van der Waals surface area contributed by atoms with Gasteiger partial charge < -0.3 is 0 Å². The smallest absolute Gasteiger partial charge is 0.258 e. The van der Waals surface area contributed by atoms with Crippen molar-refractivity contribution in [2.75, 3.05) is 5.32 Å². The number of benzene rings is 3. The lowest BCUT2D eigenvalue weighted by Crippen LogP contribution is -2.16. The van der Waals surface area contributed by atoms with Gasteiger partial charge in [0.15, 0.2) is 10.9 Å². The van der Waals surface area contributed by atoms with Crippen molar-refractivity contribution >= 4 is 50.0 Å². The van der Waals surface area contributed by atoms with Crippen LogP contribution in [0.15, 0.2) is 66.7 Å². The third kappa shape index (κ3) is 3.67. The first-order chi connectivity index (χ1) is 13.5. The average molecular weight is 407 g/mol. The molecule has 0 fully saturated rings. The number of anilines is 1. The number of carbonyl (C=O) groups excluding carboxylic acids is 2. The van der Waals surface area contributed by atoms with E-state index in [0.29, 0.717) is 26.8 Å². The molecule has 0 aliphatic rings. The fourth-order valence-electron chi connectivity index (χ4n) is 2.89. The average Bonchev–Trinajstić information content (AvgIpc) is 3.09. The van der Waals surface area contributed by atoms with E-state index in [1.807, 2.05) is 25.1 Å². The molecule has 0 unspecified atom stereocenters. The van der Waals surface area contributed by atoms with Gasteiger partial charge in [0, 0.05) is 16.1 Å². The third-order valence-corrected chi connectivity index (χ3v) is 5.47. The zero-order valence-corrected chi connectivity index (χ0v) is 16.5. The van der Waals surface area contributed by atoms with E-state index < -0.39 is 0 Å². The van der Waals surface area contributed by atoms with Crippen molar-refractivity contribution in [3.8, 4) is 0 Å². The van der Waals surface area contributed by atoms with Crippen molar-refractivity contribution in [3.05, 3.63) is 94.0 Å². The fraction of sp³-hybridized carbons (Fsp3) is 0.0455. The van der Waals surface area contributed by atoms with Gasteiger partial charge in [-0.25, -0.2) is 4.98 Å². The van der Waals surface area contributed by atoms with E-state index in [-0.39, 0.29) is 11.7 Å². The summed E-state index contributed by atoms with van der Waals surface area (Å²) in [7, 11) is 0. The van der Waals surface area contributed by atoms with Crippen molar-refractivity contribution in [3.63, 3.8) is 0 Å². The minimum atomic E-state index is -0.367. The van der Waals surface area contributed by atoms with Crippen LogP contribution in [0, 0.1) is 6.92 Å². The lowest BCUT2D eigenvalue weighted by atomic mass is 9.98. The van der Waals surface area contributed by atoms with E-state index in [1.54, 1.807) is 48.5 Å². The van der Waals surface area contributed by atoms with E-state index in [9.17, 15) is 9.59 Å². The maximum atomic E-state index is 12.9. The van der Waals surface area contributed by atoms with E-state index >= 15 is 0 Å². The van der Waals surface area contributed by atoms with Gasteiger partial charge in [-0.1, -0.05) is 47.2 Å². The molecular weight excluding hydrogens is 392 g/mol. The minimum absolute atomic E-state index is 0.234. The molecular formula is C22H15ClN2O2S. The maximum absolute atomic E-state index is 12.9. The normalized spacial score (nSPS) is 10.8. The summed E-state index contributed by atoms with van der Waals surface area (Å²) < 4.78 is 1.00. The SMILES string of the molecule is Cc1ccc2nc(NC(=O)c3ccccc3C(=O)c3ccc(Cl)cc3)sc2c1. The molecule has 0 aliphatic carbocycles. The Morgan fingerprint density at radius 3 is 2.43 bits per heavy atom. The number of aryl methyl sites for hydroxylation is 1. The number of aromatic nitrogens is 1. The molecule has 6 heteroatoms. The van der Waals surface area contributed by atoms with E-state index in [2.05, 4.69) is 10.3 Å². The minimum Gasteiger partial charge on any atom is -0.298 e. The Kier molecular flexibility index (Phi) is 4.94. The maximum Gasteiger partial charge on any atom is 0.258 e. The van der Waals surface area contributed by atoms with Crippen molar-refractivity contribution in [2.24, 2.45) is 0 Å². The molecule has 1 N–H and O–H groups in total. The zero-order chi connectivity index (χ0) is 19.7. The molecule has 0 saturated carbocycles. The Labute approximate surface area is 170 Å². The summed E-state index contributed by atoms with van der Waals surface area (Å²) >= 11 is 7.30. The molecule has 4 aromatic rings. The van der Waals surface area contributed by atoms with Crippen LogP contribution >= 0.6 is 22.9 Å². The van der Waals surface area contributed by atoms with Crippen molar-refractivity contribution in [1.29, 1.82) is 0 Å². The molecule has 4 nitrogen and oxygen atoms in total. The van der Waals surface area contributed by atoms with E-state index in [4.69, 9.17) is 11.6 Å². The van der Waals surface area contributed by atoms with Crippen LogP contribution in [-0.2, 0) is 0 Å². The molecule has 28 heavy (non-hydrogen) atoms. The molecule has 138 valence electrons. The highest BCUT2D eigenvalue weighted by Gasteiger charge is 2.19. The molecule has 0 atom stereocenters. The second-order valence-electron chi connectivity index (χ2n) is 6.33. The fourth-order valence-corrected chi connectivity index (χ4v) is 3.97. The number of halogens is 1. The Hall–Kier alpha value is -3.02. The predicted octanol–water partition coefficient (Wildman–Crippen LogP) is 5.74. The van der Waals surface area contributed by atoms with Gasteiger partial charge in [-0.3, -0.25) is 14.9 Å². The highest BCUT2D eigenvalue weighted by atomic mass is 35.5. The molecule has 1 amide bonds. The molecule has 4 rings (SSSR count). The molecule has 0 saturated heterocycles. The number of ketones is 1. The first kappa shape index (κ1) is 18.3. The van der Waals surface area contributed by atoms with Gasteiger partial charge in [0.1, 0.15) is 0 Å². The number of fused-ring (bicyclic) bond motifs is 1. The summed E-state index contributed by atoms with van der Waals surface area (Å²) in [4.78, 5) is 30.2. The summed E-state index contributed by atoms with van der Waals surface area (Å²) in [5.74, 6) is -0.601. The Morgan fingerprint density at radius 2 is 1.68 bits per heavy atom. The van der Waals surface area contributed by atoms with Crippen LogP contribution in [0.25, 0.3) is 10.2 Å². The van der Waals surface area contributed by atoms with Gasteiger partial charge in [0.2, 0.25) is 0 Å². The Balaban J connectivity index is 1.64. The van der Waals surface area contributed by atoms with Gasteiger partial charge in [-0.05, 0) is 55.0 Å². The number of hydrogen-bond donors (Lipinski definition) is 1. The summed E-state index contributed by atoms with van der Waals surface area (Å²) in [5.41, 5.74) is 3.07. The molecule has 1 heterocycles. The first-order valence-corrected chi connectivity index (χ1v) is 9.78. The zero-order valence-electron chi connectivity index (χ0n) is 14.9. The summed E-state index contributed by atoms with van der Waals surface area (Å²) in [6, 6.07) is 19.3. The van der Waals surface area contributed by atoms with Crippen LogP contribution in [0.2, 0.25) is 5.02 Å². The van der Waals surface area contributed by atoms with Gasteiger partial charge in [0.25, 0.3) is 5.91 Å². The van der Waals surface area contributed by atoms with Gasteiger partial charge in [-0.2, -0.15) is 0 Å². The number of hydrogen-bond acceptors (Lipinski definition) is 4. The number of rotatable bonds is 4. The van der Waals surface area contributed by atoms with Gasteiger partial charge >= 0.3 is 0 Å². The Morgan fingerprint density at radius 1 is 0.964 bits per heavy atom. The molecule has 1 aromatic heterocycles. The third-order valence-electron chi connectivity index (χ3n) is 4.29. The van der Waals surface area contributed by atoms with Crippen LogP contribution in [0.1, 0.15) is 31.8 Å². The number of thiazole rings is 1. The number of carbonyl (C=O) groups is 2. The van der Waals surface area contributed by atoms with Crippen LogP contribution in [0.4, 0.5) is 5.13 Å². The summed E-state index contributed by atoms with van der Waals surface area (Å²) in [6.45, 7) is 2.01. The highest BCUT2D eigenvalue weighted by molar-refractivity contribution is 7.22. The van der Waals surface area contributed by atoms with E-state index in [1.165, 1.54) is 11.3 Å². The second kappa shape index (κ2) is 7.54.